The Balaban J connectivity index is 1.32. The summed E-state index contributed by atoms with van der Waals surface area (Å²) in [6.45, 7) is 1.71. The number of hydrogen-bond donors (Lipinski definition) is 1. The van der Waals surface area contributed by atoms with Gasteiger partial charge in [0.2, 0.25) is 11.8 Å². The molecule has 184 valence electrons. The van der Waals surface area contributed by atoms with Gasteiger partial charge < -0.3 is 15.0 Å². The largest absolute Gasteiger partial charge is 0.454 e. The molecule has 1 saturated heterocycles. The Hall–Kier alpha value is -3.49. The number of halogens is 2. The second kappa shape index (κ2) is 11.1. The number of nitrogens with zero attached hydrogens (tertiary/aromatic N) is 1. The number of nitrogens with one attached hydrogen (secondary N) is 1. The lowest BCUT2D eigenvalue weighted by atomic mass is 10.1. The van der Waals surface area contributed by atoms with Gasteiger partial charge in [0, 0.05) is 39.4 Å². The summed E-state index contributed by atoms with van der Waals surface area (Å²) in [5.74, 6) is -1.91. The lowest BCUT2D eigenvalue weighted by Gasteiger charge is -2.19. The first kappa shape index (κ1) is 25.6. The van der Waals surface area contributed by atoms with Crippen LogP contribution in [0.25, 0.3) is 0 Å². The molecular weight excluding hydrogens is 548 g/mol. The Morgan fingerprint density at radius 3 is 2.39 bits per heavy atom. The molecule has 0 aliphatic carbocycles. The van der Waals surface area contributed by atoms with Gasteiger partial charge in [-0.15, -0.1) is 0 Å². The Labute approximate surface area is 221 Å². The standard InChI is InChI=1S/C27H22BrClN2O5/c1-16-22(29)3-2-4-23(16)31-14-19(13-25(31)33)26(34)30-21-11-7-18(8-12-21)27(35)36-15-24(32)17-5-9-20(28)10-6-17/h2-12,19H,13-15H2,1H3,(H,30,34)/t19-/m0/s1. The minimum Gasteiger partial charge on any atom is -0.454 e. The first-order valence-electron chi connectivity index (χ1n) is 11.1. The molecule has 4 rings (SSSR count). The van der Waals surface area contributed by atoms with Crippen LogP contribution in [0.1, 0.15) is 32.7 Å². The van der Waals surface area contributed by atoms with E-state index in [4.69, 9.17) is 16.3 Å². The van der Waals surface area contributed by atoms with Crippen LogP contribution in [0.15, 0.2) is 71.2 Å². The molecule has 0 aromatic heterocycles. The highest BCUT2D eigenvalue weighted by molar-refractivity contribution is 9.10. The molecule has 3 aromatic rings. The van der Waals surface area contributed by atoms with Crippen LogP contribution in [0.3, 0.4) is 0 Å². The van der Waals surface area contributed by atoms with Gasteiger partial charge in [-0.1, -0.05) is 45.7 Å². The lowest BCUT2D eigenvalue weighted by Crippen LogP contribution is -2.28. The van der Waals surface area contributed by atoms with Crippen LogP contribution < -0.4 is 10.2 Å². The van der Waals surface area contributed by atoms with E-state index in [0.717, 1.165) is 10.0 Å². The normalized spacial score (nSPS) is 15.0. The molecule has 0 saturated carbocycles. The fraction of sp³-hybridized carbons (Fsp3) is 0.185. The zero-order valence-electron chi connectivity index (χ0n) is 19.3. The van der Waals surface area contributed by atoms with E-state index in [1.165, 1.54) is 12.1 Å². The van der Waals surface area contributed by atoms with Crippen LogP contribution in [-0.4, -0.2) is 36.7 Å². The molecule has 1 fully saturated rings. The number of carbonyl (C=O) groups excluding carboxylic acids is 4. The van der Waals surface area contributed by atoms with Gasteiger partial charge in [0.15, 0.2) is 12.4 Å². The highest BCUT2D eigenvalue weighted by Gasteiger charge is 2.36. The van der Waals surface area contributed by atoms with Crippen molar-refractivity contribution in [3.8, 4) is 0 Å². The molecule has 1 aliphatic heterocycles. The summed E-state index contributed by atoms with van der Waals surface area (Å²) in [6, 6.07) is 18.2. The van der Waals surface area contributed by atoms with Gasteiger partial charge in [0.1, 0.15) is 0 Å². The Morgan fingerprint density at radius 1 is 1.03 bits per heavy atom. The molecular formula is C27H22BrClN2O5. The maximum absolute atomic E-state index is 12.8. The number of anilines is 2. The summed E-state index contributed by atoms with van der Waals surface area (Å²) < 4.78 is 5.96. The minimum absolute atomic E-state index is 0.0919. The van der Waals surface area contributed by atoms with E-state index in [0.29, 0.717) is 22.0 Å². The number of ketones is 1. The Bertz CT molecular complexity index is 1320. The number of Topliss-reactive ketones (excluding diaryl/α,β-unsaturated/α-hetero) is 1. The molecule has 1 atom stereocenters. The summed E-state index contributed by atoms with van der Waals surface area (Å²) in [5.41, 5.74) is 2.65. The molecule has 0 unspecified atom stereocenters. The summed E-state index contributed by atoms with van der Waals surface area (Å²) in [6.07, 6.45) is 0.0919. The Morgan fingerprint density at radius 2 is 1.69 bits per heavy atom. The molecule has 2 amide bonds. The molecule has 3 aromatic carbocycles. The molecule has 0 bridgehead atoms. The lowest BCUT2D eigenvalue weighted by molar-refractivity contribution is -0.122. The van der Waals surface area contributed by atoms with Crippen molar-refractivity contribution in [2.45, 2.75) is 13.3 Å². The highest BCUT2D eigenvalue weighted by atomic mass is 79.9. The number of amides is 2. The third-order valence-corrected chi connectivity index (χ3v) is 6.85. The maximum atomic E-state index is 12.8. The number of rotatable bonds is 7. The van der Waals surface area contributed by atoms with E-state index in [1.54, 1.807) is 53.4 Å². The number of benzene rings is 3. The Kier molecular flexibility index (Phi) is 7.86. The van der Waals surface area contributed by atoms with Crippen molar-refractivity contribution in [2.75, 3.05) is 23.4 Å². The SMILES string of the molecule is Cc1c(Cl)cccc1N1C[C@@H](C(=O)Nc2ccc(C(=O)OCC(=O)c3ccc(Br)cc3)cc2)CC1=O. The first-order valence-corrected chi connectivity index (χ1v) is 12.3. The molecule has 9 heteroatoms. The van der Waals surface area contributed by atoms with E-state index < -0.39 is 11.9 Å². The topological polar surface area (TPSA) is 92.8 Å². The third kappa shape index (κ3) is 5.83. The van der Waals surface area contributed by atoms with Crippen LogP contribution in [0, 0.1) is 12.8 Å². The van der Waals surface area contributed by atoms with Crippen molar-refractivity contribution in [3.05, 3.63) is 92.9 Å². The van der Waals surface area contributed by atoms with Gasteiger partial charge in [-0.2, -0.15) is 0 Å². The van der Waals surface area contributed by atoms with E-state index in [2.05, 4.69) is 21.2 Å². The van der Waals surface area contributed by atoms with Crippen LogP contribution in [0.5, 0.6) is 0 Å². The monoisotopic (exact) mass is 568 g/mol. The molecule has 0 radical (unpaired) electrons. The zero-order chi connectivity index (χ0) is 25.8. The fourth-order valence-corrected chi connectivity index (χ4v) is 4.31. The van der Waals surface area contributed by atoms with Gasteiger partial charge in [0.05, 0.1) is 11.5 Å². The van der Waals surface area contributed by atoms with Crippen LogP contribution in [0.2, 0.25) is 5.02 Å². The number of hydrogen-bond acceptors (Lipinski definition) is 5. The second-order valence-corrected chi connectivity index (χ2v) is 9.69. The van der Waals surface area contributed by atoms with Crippen molar-refractivity contribution in [1.29, 1.82) is 0 Å². The zero-order valence-corrected chi connectivity index (χ0v) is 21.6. The summed E-state index contributed by atoms with van der Waals surface area (Å²) in [7, 11) is 0. The van der Waals surface area contributed by atoms with Gasteiger partial charge >= 0.3 is 5.97 Å². The quantitative estimate of drug-likeness (QED) is 0.302. The second-order valence-electron chi connectivity index (χ2n) is 8.36. The summed E-state index contributed by atoms with van der Waals surface area (Å²) >= 11 is 9.48. The number of esters is 1. The predicted molar refractivity (Wildman–Crippen MR) is 140 cm³/mol. The fourth-order valence-electron chi connectivity index (χ4n) is 3.87. The summed E-state index contributed by atoms with van der Waals surface area (Å²) in [5, 5.41) is 3.35. The van der Waals surface area contributed by atoms with Gasteiger partial charge in [-0.3, -0.25) is 14.4 Å². The smallest absolute Gasteiger partial charge is 0.338 e. The van der Waals surface area contributed by atoms with Gasteiger partial charge in [-0.05, 0) is 61.0 Å². The van der Waals surface area contributed by atoms with Crippen molar-refractivity contribution < 1.29 is 23.9 Å². The third-order valence-electron chi connectivity index (χ3n) is 5.91. The maximum Gasteiger partial charge on any atom is 0.338 e. The van der Waals surface area contributed by atoms with Crippen LogP contribution >= 0.6 is 27.5 Å². The van der Waals surface area contributed by atoms with E-state index >= 15 is 0 Å². The molecule has 1 aliphatic rings. The highest BCUT2D eigenvalue weighted by Crippen LogP contribution is 2.31. The van der Waals surface area contributed by atoms with E-state index in [1.807, 2.05) is 13.0 Å². The molecule has 0 spiro atoms. The number of ether oxygens (including phenoxy) is 1. The average molecular weight is 570 g/mol. The van der Waals surface area contributed by atoms with Crippen LogP contribution in [-0.2, 0) is 14.3 Å². The molecule has 1 N–H and O–H groups in total. The van der Waals surface area contributed by atoms with E-state index in [9.17, 15) is 19.2 Å². The molecule has 7 nitrogen and oxygen atoms in total. The van der Waals surface area contributed by atoms with Gasteiger partial charge in [0.25, 0.3) is 0 Å². The van der Waals surface area contributed by atoms with Crippen molar-refractivity contribution in [2.24, 2.45) is 5.92 Å². The number of carbonyl (C=O) groups is 4. The molecule has 36 heavy (non-hydrogen) atoms. The van der Waals surface area contributed by atoms with Gasteiger partial charge in [-0.25, -0.2) is 4.79 Å². The van der Waals surface area contributed by atoms with E-state index in [-0.39, 0.29) is 42.7 Å². The van der Waals surface area contributed by atoms with Crippen molar-refractivity contribution in [3.63, 3.8) is 0 Å². The first-order chi connectivity index (χ1) is 17.2. The minimum atomic E-state index is -0.646. The average Bonchev–Trinajstić information content (AvgIpc) is 3.26. The summed E-state index contributed by atoms with van der Waals surface area (Å²) in [4.78, 5) is 51.4. The van der Waals surface area contributed by atoms with Crippen LogP contribution in [0.4, 0.5) is 11.4 Å². The van der Waals surface area contributed by atoms with Crippen molar-refractivity contribution >= 4 is 62.5 Å². The predicted octanol–water partition coefficient (Wildman–Crippen LogP) is 5.44. The molecule has 1 heterocycles. The van der Waals surface area contributed by atoms with Crippen molar-refractivity contribution in [1.82, 2.24) is 0 Å².